The molecule has 2 amide bonds. The van der Waals surface area contributed by atoms with Crippen molar-refractivity contribution < 1.29 is 19.4 Å². The van der Waals surface area contributed by atoms with E-state index >= 15 is 0 Å². The normalized spacial score (nSPS) is 10.2. The van der Waals surface area contributed by atoms with Gasteiger partial charge in [0.25, 0.3) is 0 Å². The maximum absolute atomic E-state index is 11.6. The first-order chi connectivity index (χ1) is 10.6. The number of hydrogen-bond acceptors (Lipinski definition) is 3. The van der Waals surface area contributed by atoms with Gasteiger partial charge in [0.2, 0.25) is 0 Å². The van der Waals surface area contributed by atoms with Crippen LogP contribution in [0.25, 0.3) is 0 Å². The molecular formula is C16H24N2O4. The van der Waals surface area contributed by atoms with E-state index in [1.54, 1.807) is 0 Å². The van der Waals surface area contributed by atoms with Crippen LogP contribution in [0.1, 0.15) is 37.3 Å². The molecule has 0 saturated heterocycles. The van der Waals surface area contributed by atoms with Crippen molar-refractivity contribution in [3.05, 3.63) is 35.4 Å². The van der Waals surface area contributed by atoms with Gasteiger partial charge in [0.15, 0.2) is 0 Å². The van der Waals surface area contributed by atoms with Gasteiger partial charge in [0.05, 0.1) is 6.61 Å². The van der Waals surface area contributed by atoms with Gasteiger partial charge in [0.1, 0.15) is 0 Å². The number of carboxylic acids is 1. The smallest absolute Gasteiger partial charge is 0.315 e. The van der Waals surface area contributed by atoms with E-state index in [2.05, 4.69) is 17.6 Å². The second-order valence-corrected chi connectivity index (χ2v) is 4.93. The van der Waals surface area contributed by atoms with E-state index in [4.69, 9.17) is 9.84 Å². The molecule has 6 nitrogen and oxygen atoms in total. The Kier molecular flexibility index (Phi) is 8.67. The van der Waals surface area contributed by atoms with Gasteiger partial charge in [-0.15, -0.1) is 0 Å². The van der Waals surface area contributed by atoms with Crippen molar-refractivity contribution in [2.45, 2.75) is 39.3 Å². The summed E-state index contributed by atoms with van der Waals surface area (Å²) in [6.07, 6.45) is 1.45. The molecule has 22 heavy (non-hydrogen) atoms. The minimum absolute atomic E-state index is 0.0535. The molecule has 0 radical (unpaired) electrons. The Balaban J connectivity index is 2.33. The molecule has 1 rings (SSSR count). The first-order valence-corrected chi connectivity index (χ1v) is 7.51. The zero-order valence-corrected chi connectivity index (χ0v) is 12.9. The number of hydrogen-bond donors (Lipinski definition) is 3. The van der Waals surface area contributed by atoms with Crippen LogP contribution in [-0.4, -0.2) is 30.3 Å². The minimum atomic E-state index is -0.858. The van der Waals surface area contributed by atoms with Gasteiger partial charge in [-0.3, -0.25) is 4.79 Å². The lowest BCUT2D eigenvalue weighted by Gasteiger charge is -2.11. The molecule has 0 fully saturated rings. The molecule has 0 aliphatic heterocycles. The third-order valence-corrected chi connectivity index (χ3v) is 3.02. The summed E-state index contributed by atoms with van der Waals surface area (Å²) in [5.74, 6) is -0.858. The predicted molar refractivity (Wildman–Crippen MR) is 83.5 cm³/mol. The third-order valence-electron chi connectivity index (χ3n) is 3.02. The third kappa shape index (κ3) is 7.64. The largest absolute Gasteiger partial charge is 0.481 e. The zero-order chi connectivity index (χ0) is 16.2. The first-order valence-electron chi connectivity index (χ1n) is 7.51. The molecule has 0 spiro atoms. The number of aliphatic carboxylic acids is 1. The molecule has 0 aromatic heterocycles. The summed E-state index contributed by atoms with van der Waals surface area (Å²) in [4.78, 5) is 22.0. The summed E-state index contributed by atoms with van der Waals surface area (Å²) in [5.41, 5.74) is 2.07. The van der Waals surface area contributed by atoms with Gasteiger partial charge in [0, 0.05) is 26.1 Å². The van der Waals surface area contributed by atoms with Crippen molar-refractivity contribution >= 4 is 12.0 Å². The number of nitrogens with one attached hydrogen (secondary N) is 2. The fraction of sp³-hybridized carbons (Fsp3) is 0.500. The molecule has 3 N–H and O–H groups in total. The lowest BCUT2D eigenvalue weighted by Crippen LogP contribution is -2.35. The van der Waals surface area contributed by atoms with Crippen LogP contribution in [0.3, 0.4) is 0 Å². The van der Waals surface area contributed by atoms with E-state index in [9.17, 15) is 9.59 Å². The quantitative estimate of drug-likeness (QED) is 0.579. The minimum Gasteiger partial charge on any atom is -0.481 e. The van der Waals surface area contributed by atoms with Crippen LogP contribution in [0, 0.1) is 0 Å². The number of ether oxygens (including phenoxy) is 1. The average molecular weight is 308 g/mol. The second kappa shape index (κ2) is 10.6. The van der Waals surface area contributed by atoms with E-state index in [1.807, 2.05) is 24.3 Å². The van der Waals surface area contributed by atoms with Crippen LogP contribution in [0.4, 0.5) is 4.79 Å². The number of carbonyl (C=O) groups excluding carboxylic acids is 1. The Hall–Kier alpha value is -2.08. The molecule has 0 heterocycles. The number of rotatable bonds is 10. The Morgan fingerprint density at radius 2 is 1.91 bits per heavy atom. The number of amides is 2. The summed E-state index contributed by atoms with van der Waals surface area (Å²) in [6.45, 7) is 4.07. The van der Waals surface area contributed by atoms with E-state index in [0.29, 0.717) is 32.7 Å². The second-order valence-electron chi connectivity index (χ2n) is 4.93. The number of carboxylic acid groups (broad SMARTS) is 1. The molecule has 6 heteroatoms. The van der Waals surface area contributed by atoms with Gasteiger partial charge < -0.3 is 20.5 Å². The molecule has 1 aromatic carbocycles. The van der Waals surface area contributed by atoms with Crippen molar-refractivity contribution in [3.63, 3.8) is 0 Å². The Labute approximate surface area is 130 Å². The fourth-order valence-corrected chi connectivity index (χ4v) is 1.88. The lowest BCUT2D eigenvalue weighted by atomic mass is 10.1. The number of urea groups is 1. The summed E-state index contributed by atoms with van der Waals surface area (Å²) in [6, 6.07) is 7.51. The van der Waals surface area contributed by atoms with Crippen LogP contribution in [0.15, 0.2) is 24.3 Å². The maximum atomic E-state index is 11.6. The fourth-order valence-electron chi connectivity index (χ4n) is 1.88. The van der Waals surface area contributed by atoms with Crippen molar-refractivity contribution in [2.24, 2.45) is 0 Å². The highest BCUT2D eigenvalue weighted by Crippen LogP contribution is 2.10. The highest BCUT2D eigenvalue weighted by Gasteiger charge is 2.05. The van der Waals surface area contributed by atoms with Crippen molar-refractivity contribution in [1.29, 1.82) is 0 Å². The highest BCUT2D eigenvalue weighted by atomic mass is 16.5. The standard InChI is InChI=1S/C16H24N2O4/c1-2-10-22-12-14-7-4-3-6-13(14)11-18-16(21)17-9-5-8-15(19)20/h3-4,6-7H,2,5,8-12H2,1H3,(H,19,20)(H2,17,18,21). The Morgan fingerprint density at radius 1 is 1.18 bits per heavy atom. The molecule has 0 unspecified atom stereocenters. The molecule has 122 valence electrons. The Bertz CT molecular complexity index is 477. The molecular weight excluding hydrogens is 284 g/mol. The monoisotopic (exact) mass is 308 g/mol. The van der Waals surface area contributed by atoms with E-state index < -0.39 is 5.97 Å². The van der Waals surface area contributed by atoms with Crippen LogP contribution in [0.5, 0.6) is 0 Å². The topological polar surface area (TPSA) is 87.7 Å². The molecule has 0 aliphatic carbocycles. The van der Waals surface area contributed by atoms with Gasteiger partial charge in [-0.2, -0.15) is 0 Å². The number of benzene rings is 1. The average Bonchev–Trinajstić information content (AvgIpc) is 2.50. The molecule has 0 bridgehead atoms. The zero-order valence-electron chi connectivity index (χ0n) is 12.9. The van der Waals surface area contributed by atoms with Gasteiger partial charge in [-0.1, -0.05) is 31.2 Å². The van der Waals surface area contributed by atoms with Crippen molar-refractivity contribution in [3.8, 4) is 0 Å². The van der Waals surface area contributed by atoms with E-state index in [-0.39, 0.29) is 12.5 Å². The summed E-state index contributed by atoms with van der Waals surface area (Å²) in [7, 11) is 0. The van der Waals surface area contributed by atoms with Crippen LogP contribution in [-0.2, 0) is 22.7 Å². The van der Waals surface area contributed by atoms with Gasteiger partial charge in [-0.05, 0) is 24.0 Å². The van der Waals surface area contributed by atoms with E-state index in [1.165, 1.54) is 0 Å². The first kappa shape index (κ1) is 18.0. The van der Waals surface area contributed by atoms with Crippen LogP contribution in [0.2, 0.25) is 0 Å². The summed E-state index contributed by atoms with van der Waals surface area (Å²) < 4.78 is 5.53. The highest BCUT2D eigenvalue weighted by molar-refractivity contribution is 5.74. The van der Waals surface area contributed by atoms with Crippen LogP contribution < -0.4 is 10.6 Å². The van der Waals surface area contributed by atoms with Crippen molar-refractivity contribution in [1.82, 2.24) is 10.6 Å². The summed E-state index contributed by atoms with van der Waals surface area (Å²) >= 11 is 0. The Morgan fingerprint density at radius 3 is 2.59 bits per heavy atom. The van der Waals surface area contributed by atoms with Crippen molar-refractivity contribution in [2.75, 3.05) is 13.2 Å². The maximum Gasteiger partial charge on any atom is 0.315 e. The SMILES string of the molecule is CCCOCc1ccccc1CNC(=O)NCCCC(=O)O. The molecule has 1 aromatic rings. The van der Waals surface area contributed by atoms with Crippen LogP contribution >= 0.6 is 0 Å². The lowest BCUT2D eigenvalue weighted by molar-refractivity contribution is -0.137. The predicted octanol–water partition coefficient (Wildman–Crippen LogP) is 2.28. The van der Waals surface area contributed by atoms with Gasteiger partial charge >= 0.3 is 12.0 Å². The molecule has 0 atom stereocenters. The van der Waals surface area contributed by atoms with E-state index in [0.717, 1.165) is 17.5 Å². The summed E-state index contributed by atoms with van der Waals surface area (Å²) in [5, 5.41) is 13.9. The van der Waals surface area contributed by atoms with Gasteiger partial charge in [-0.25, -0.2) is 4.79 Å². The molecule has 0 saturated carbocycles. The molecule has 0 aliphatic rings. The number of carbonyl (C=O) groups is 2.